The molecule has 0 saturated carbocycles. The number of hydrogen-bond acceptors (Lipinski definition) is 6. The fourth-order valence-electron chi connectivity index (χ4n) is 5.74. The number of benzene rings is 3. The van der Waals surface area contributed by atoms with E-state index < -0.39 is 29.8 Å². The van der Waals surface area contributed by atoms with Crippen molar-refractivity contribution in [2.24, 2.45) is 0 Å². The van der Waals surface area contributed by atoms with E-state index in [9.17, 15) is 18.8 Å². The molecule has 0 spiro atoms. The lowest BCUT2D eigenvalue weighted by molar-refractivity contribution is -0.137. The molecular formula is C34H28ClF2N5O4. The van der Waals surface area contributed by atoms with Gasteiger partial charge in [-0.2, -0.15) is 0 Å². The first-order valence-corrected chi connectivity index (χ1v) is 14.8. The number of aromatic nitrogens is 3. The van der Waals surface area contributed by atoms with Gasteiger partial charge in [0.05, 0.1) is 19.3 Å². The number of nitrogens with one attached hydrogen (secondary N) is 1. The van der Waals surface area contributed by atoms with Crippen LogP contribution in [0.3, 0.4) is 0 Å². The molecule has 1 N–H and O–H groups in total. The number of likely N-dealkylation sites (tertiary alicyclic amines) is 1. The number of alkyl halides is 1. The molecule has 2 atom stereocenters. The summed E-state index contributed by atoms with van der Waals surface area (Å²) in [6, 6.07) is 15.7. The number of Topliss-reactive ketones (excluding diaryl/α,β-unsaturated/α-hetero) is 1. The molecule has 6 rings (SSSR count). The first-order chi connectivity index (χ1) is 22.1. The van der Waals surface area contributed by atoms with Crippen LogP contribution in [0.15, 0.2) is 79.3 Å². The number of amides is 2. The number of anilines is 1. The summed E-state index contributed by atoms with van der Waals surface area (Å²) in [5.41, 5.74) is 2.98. The molecular weight excluding hydrogens is 616 g/mol. The standard InChI is InChI=1S/C34H28ClF2N5O4/c1-19(43)26-17-41(29-11-10-20(12-25(26)29)21-14-38-34(46-2)39-15-21)18-31(44)42-16-22(36)13-30(42)33(45)40-28-9-5-7-24(32(28)37)23-6-3-4-8-27(23)35/h3-12,14-15,17,22,30H,13,16,18H2,1-2H3,(H,40,45). The van der Waals surface area contributed by atoms with Crippen LogP contribution in [0.4, 0.5) is 14.5 Å². The van der Waals surface area contributed by atoms with Crippen LogP contribution in [0, 0.1) is 5.82 Å². The van der Waals surface area contributed by atoms with E-state index in [1.807, 2.05) is 12.1 Å². The zero-order chi connectivity index (χ0) is 32.5. The maximum Gasteiger partial charge on any atom is 0.316 e. The molecule has 9 nitrogen and oxygen atoms in total. The van der Waals surface area contributed by atoms with Gasteiger partial charge in [0.25, 0.3) is 0 Å². The molecule has 0 bridgehead atoms. The van der Waals surface area contributed by atoms with E-state index in [1.165, 1.54) is 20.1 Å². The smallest absolute Gasteiger partial charge is 0.316 e. The van der Waals surface area contributed by atoms with Crippen molar-refractivity contribution in [3.05, 3.63) is 95.7 Å². The number of nitrogens with zero attached hydrogens (tertiary/aromatic N) is 4. The van der Waals surface area contributed by atoms with Crippen LogP contribution >= 0.6 is 11.6 Å². The largest absolute Gasteiger partial charge is 0.467 e. The van der Waals surface area contributed by atoms with E-state index in [1.54, 1.807) is 65.6 Å². The second-order valence-corrected chi connectivity index (χ2v) is 11.4. The Bertz CT molecular complexity index is 1980. The molecule has 2 aromatic heterocycles. The molecule has 12 heteroatoms. The van der Waals surface area contributed by atoms with Crippen LogP contribution in [-0.2, 0) is 16.1 Å². The highest BCUT2D eigenvalue weighted by Gasteiger charge is 2.40. The Kier molecular flexibility index (Phi) is 8.50. The number of hydrogen-bond donors (Lipinski definition) is 1. The summed E-state index contributed by atoms with van der Waals surface area (Å²) >= 11 is 6.26. The van der Waals surface area contributed by atoms with Crippen molar-refractivity contribution in [1.29, 1.82) is 0 Å². The van der Waals surface area contributed by atoms with E-state index in [0.29, 0.717) is 32.6 Å². The van der Waals surface area contributed by atoms with Gasteiger partial charge >= 0.3 is 6.01 Å². The summed E-state index contributed by atoms with van der Waals surface area (Å²) in [5.74, 6) is -2.14. The molecule has 46 heavy (non-hydrogen) atoms. The molecule has 1 saturated heterocycles. The minimum Gasteiger partial charge on any atom is -0.467 e. The predicted molar refractivity (Wildman–Crippen MR) is 170 cm³/mol. The van der Waals surface area contributed by atoms with E-state index in [2.05, 4.69) is 15.3 Å². The van der Waals surface area contributed by atoms with Gasteiger partial charge in [0.1, 0.15) is 18.8 Å². The summed E-state index contributed by atoms with van der Waals surface area (Å²) in [6.07, 6.45) is 3.11. The van der Waals surface area contributed by atoms with Crippen LogP contribution < -0.4 is 10.1 Å². The van der Waals surface area contributed by atoms with Gasteiger partial charge in [-0.25, -0.2) is 18.7 Å². The maximum atomic E-state index is 15.5. The number of carbonyl (C=O) groups is 3. The van der Waals surface area contributed by atoms with Gasteiger partial charge in [0.15, 0.2) is 11.6 Å². The van der Waals surface area contributed by atoms with E-state index >= 15 is 4.39 Å². The Morgan fingerprint density at radius 3 is 2.48 bits per heavy atom. The lowest BCUT2D eigenvalue weighted by atomic mass is 10.0. The quantitative estimate of drug-likeness (QED) is 0.198. The van der Waals surface area contributed by atoms with Gasteiger partial charge in [-0.15, -0.1) is 0 Å². The number of carbonyl (C=O) groups excluding carboxylic acids is 3. The monoisotopic (exact) mass is 643 g/mol. The van der Waals surface area contributed by atoms with Crippen LogP contribution in [0.25, 0.3) is 33.2 Å². The van der Waals surface area contributed by atoms with E-state index in [4.69, 9.17) is 16.3 Å². The van der Waals surface area contributed by atoms with Gasteiger partial charge < -0.3 is 19.5 Å². The number of fused-ring (bicyclic) bond motifs is 1. The third-order valence-electron chi connectivity index (χ3n) is 8.00. The first kappa shape index (κ1) is 30.8. The fraction of sp³-hybridized carbons (Fsp3) is 0.206. The summed E-state index contributed by atoms with van der Waals surface area (Å²) in [4.78, 5) is 49.0. The highest BCUT2D eigenvalue weighted by atomic mass is 35.5. The average Bonchev–Trinajstić information content (AvgIpc) is 3.63. The number of ketones is 1. The SMILES string of the molecule is COc1ncc(-c2ccc3c(c2)c(C(C)=O)cn3CC(=O)N2CC(F)CC2C(=O)Nc2cccc(-c3ccccc3Cl)c2F)cn1. The second kappa shape index (κ2) is 12.7. The number of halogens is 3. The third kappa shape index (κ3) is 5.93. The van der Waals surface area contributed by atoms with Crippen molar-refractivity contribution in [3.8, 4) is 28.3 Å². The topological polar surface area (TPSA) is 106 Å². The molecule has 3 aromatic carbocycles. The van der Waals surface area contributed by atoms with Crippen molar-refractivity contribution in [1.82, 2.24) is 19.4 Å². The molecule has 0 aliphatic carbocycles. The number of rotatable bonds is 8. The Morgan fingerprint density at radius 1 is 1.02 bits per heavy atom. The fourth-order valence-corrected chi connectivity index (χ4v) is 5.97. The van der Waals surface area contributed by atoms with E-state index in [0.717, 1.165) is 10.5 Å². The normalized spacial score (nSPS) is 16.1. The minimum atomic E-state index is -1.44. The summed E-state index contributed by atoms with van der Waals surface area (Å²) < 4.78 is 36.9. The van der Waals surface area contributed by atoms with Crippen molar-refractivity contribution in [2.75, 3.05) is 19.0 Å². The average molecular weight is 644 g/mol. The maximum absolute atomic E-state index is 15.5. The first-order valence-electron chi connectivity index (χ1n) is 14.4. The molecule has 1 aliphatic rings. The van der Waals surface area contributed by atoms with Gasteiger partial charge in [-0.3, -0.25) is 14.4 Å². The highest BCUT2D eigenvalue weighted by molar-refractivity contribution is 6.33. The molecule has 5 aromatic rings. The Hall–Kier alpha value is -5.16. The lowest BCUT2D eigenvalue weighted by Gasteiger charge is -2.24. The zero-order valence-electron chi connectivity index (χ0n) is 24.8. The van der Waals surface area contributed by atoms with Crippen molar-refractivity contribution >= 4 is 45.8 Å². The van der Waals surface area contributed by atoms with Crippen molar-refractivity contribution in [2.45, 2.75) is 32.1 Å². The third-order valence-corrected chi connectivity index (χ3v) is 8.33. The lowest BCUT2D eigenvalue weighted by Crippen LogP contribution is -2.44. The van der Waals surface area contributed by atoms with Gasteiger partial charge in [-0.05, 0) is 36.8 Å². The zero-order valence-corrected chi connectivity index (χ0v) is 25.6. The summed E-state index contributed by atoms with van der Waals surface area (Å²) in [6.45, 7) is 0.888. The molecule has 234 valence electrons. The minimum absolute atomic E-state index is 0.113. The summed E-state index contributed by atoms with van der Waals surface area (Å²) in [7, 11) is 1.47. The van der Waals surface area contributed by atoms with Crippen LogP contribution in [0.2, 0.25) is 5.02 Å². The van der Waals surface area contributed by atoms with Crippen molar-refractivity contribution in [3.63, 3.8) is 0 Å². The summed E-state index contributed by atoms with van der Waals surface area (Å²) in [5, 5.41) is 3.50. The van der Waals surface area contributed by atoms with Crippen molar-refractivity contribution < 1.29 is 27.9 Å². The molecule has 2 amide bonds. The molecule has 1 fully saturated rings. The predicted octanol–water partition coefficient (Wildman–Crippen LogP) is 6.35. The number of methoxy groups -OCH3 is 1. The number of ether oxygens (including phenoxy) is 1. The van der Waals surface area contributed by atoms with Gasteiger partial charge in [0.2, 0.25) is 11.8 Å². The molecule has 3 heterocycles. The van der Waals surface area contributed by atoms with Crippen LogP contribution in [0.5, 0.6) is 6.01 Å². The highest BCUT2D eigenvalue weighted by Crippen LogP contribution is 2.34. The van der Waals surface area contributed by atoms with Crippen LogP contribution in [-0.4, -0.2) is 62.9 Å². The Morgan fingerprint density at radius 2 is 1.76 bits per heavy atom. The van der Waals surface area contributed by atoms with Gasteiger partial charge in [0, 0.05) is 63.2 Å². The molecule has 2 unspecified atom stereocenters. The Labute approximate surface area is 267 Å². The second-order valence-electron chi connectivity index (χ2n) is 10.9. The molecule has 0 radical (unpaired) electrons. The Balaban J connectivity index is 1.24. The van der Waals surface area contributed by atoms with E-state index in [-0.39, 0.29) is 42.6 Å². The molecule has 1 aliphatic heterocycles. The van der Waals surface area contributed by atoms with Gasteiger partial charge in [-0.1, -0.05) is 48.0 Å². The van der Waals surface area contributed by atoms with Crippen LogP contribution in [0.1, 0.15) is 23.7 Å².